The number of rotatable bonds is 4. The predicted octanol–water partition coefficient (Wildman–Crippen LogP) is 2.09. The Labute approximate surface area is 105 Å². The largest absolute Gasteiger partial charge is 0.476 e. The molecule has 0 aliphatic heterocycles. The average Bonchev–Trinajstić information content (AvgIpc) is 2.82. The number of aromatic nitrogens is 3. The van der Waals surface area contributed by atoms with Crippen molar-refractivity contribution in [3.63, 3.8) is 0 Å². The fraction of sp³-hybridized carbons (Fsp3) is 0.308. The quantitative estimate of drug-likeness (QED) is 0.895. The first-order chi connectivity index (χ1) is 8.69. The molecule has 0 spiro atoms. The Morgan fingerprint density at radius 3 is 2.61 bits per heavy atom. The molecule has 0 amide bonds. The topological polar surface area (TPSA) is 68.0 Å². The fourth-order valence-corrected chi connectivity index (χ4v) is 1.99. The normalized spacial score (nSPS) is 10.6. The lowest BCUT2D eigenvalue weighted by molar-refractivity contribution is 0.0689. The second-order valence-electron chi connectivity index (χ2n) is 3.94. The first-order valence-electron chi connectivity index (χ1n) is 5.95. The molecule has 0 atom stereocenters. The monoisotopic (exact) mass is 245 g/mol. The Morgan fingerprint density at radius 1 is 1.28 bits per heavy atom. The lowest BCUT2D eigenvalue weighted by Gasteiger charge is -2.09. The van der Waals surface area contributed by atoms with Crippen LogP contribution in [0.4, 0.5) is 0 Å². The van der Waals surface area contributed by atoms with Crippen LogP contribution in [-0.4, -0.2) is 26.1 Å². The van der Waals surface area contributed by atoms with Crippen LogP contribution >= 0.6 is 0 Å². The highest BCUT2D eigenvalue weighted by Crippen LogP contribution is 2.18. The van der Waals surface area contributed by atoms with Gasteiger partial charge in [0.2, 0.25) is 0 Å². The van der Waals surface area contributed by atoms with Gasteiger partial charge in [-0.3, -0.25) is 0 Å². The van der Waals surface area contributed by atoms with Crippen LogP contribution in [0, 0.1) is 0 Å². The van der Waals surface area contributed by atoms with Crippen molar-refractivity contribution in [1.82, 2.24) is 15.0 Å². The van der Waals surface area contributed by atoms with E-state index in [9.17, 15) is 4.79 Å². The lowest BCUT2D eigenvalue weighted by atomic mass is 10.1. The maximum atomic E-state index is 11.1. The van der Waals surface area contributed by atoms with Crippen LogP contribution in [-0.2, 0) is 12.8 Å². The highest BCUT2D eigenvalue weighted by Gasteiger charge is 2.19. The van der Waals surface area contributed by atoms with Gasteiger partial charge in [-0.05, 0) is 24.5 Å². The SMILES string of the molecule is CCc1ccccc1-n1nnc(C(=O)O)c1CC. The molecule has 0 radical (unpaired) electrons. The predicted molar refractivity (Wildman–Crippen MR) is 67.1 cm³/mol. The van der Waals surface area contributed by atoms with Gasteiger partial charge in [-0.1, -0.05) is 37.3 Å². The summed E-state index contributed by atoms with van der Waals surface area (Å²) in [6, 6.07) is 7.81. The van der Waals surface area contributed by atoms with Gasteiger partial charge in [-0.25, -0.2) is 9.48 Å². The minimum atomic E-state index is -1.04. The van der Waals surface area contributed by atoms with Crippen molar-refractivity contribution in [2.24, 2.45) is 0 Å². The van der Waals surface area contributed by atoms with Crippen molar-refractivity contribution >= 4 is 5.97 Å². The van der Waals surface area contributed by atoms with E-state index in [0.717, 1.165) is 17.7 Å². The number of para-hydroxylation sites is 1. The number of aryl methyl sites for hydroxylation is 1. The number of nitrogens with zero attached hydrogens (tertiary/aromatic N) is 3. The smallest absolute Gasteiger partial charge is 0.358 e. The molecule has 0 aliphatic carbocycles. The molecule has 0 saturated heterocycles. The lowest BCUT2D eigenvalue weighted by Crippen LogP contribution is -2.07. The van der Waals surface area contributed by atoms with E-state index in [2.05, 4.69) is 17.2 Å². The second-order valence-corrected chi connectivity index (χ2v) is 3.94. The fourth-order valence-electron chi connectivity index (χ4n) is 1.99. The molecule has 1 heterocycles. The van der Waals surface area contributed by atoms with E-state index in [1.54, 1.807) is 4.68 Å². The van der Waals surface area contributed by atoms with Gasteiger partial charge in [-0.2, -0.15) is 0 Å². The third-order valence-electron chi connectivity index (χ3n) is 2.90. The van der Waals surface area contributed by atoms with E-state index >= 15 is 0 Å². The zero-order valence-electron chi connectivity index (χ0n) is 10.4. The highest BCUT2D eigenvalue weighted by atomic mass is 16.4. The minimum Gasteiger partial charge on any atom is -0.476 e. The number of hydrogen-bond donors (Lipinski definition) is 1. The zero-order chi connectivity index (χ0) is 13.1. The molecule has 5 heteroatoms. The van der Waals surface area contributed by atoms with Gasteiger partial charge in [0, 0.05) is 0 Å². The summed E-state index contributed by atoms with van der Waals surface area (Å²) in [5.41, 5.74) is 2.68. The van der Waals surface area contributed by atoms with E-state index < -0.39 is 5.97 Å². The third kappa shape index (κ3) is 1.99. The molecule has 0 unspecified atom stereocenters. The molecular formula is C13H15N3O2. The number of aromatic carboxylic acids is 1. The van der Waals surface area contributed by atoms with Crippen molar-refractivity contribution in [3.05, 3.63) is 41.2 Å². The number of carboxylic acids is 1. The van der Waals surface area contributed by atoms with Crippen LogP contribution in [0.5, 0.6) is 0 Å². The Morgan fingerprint density at radius 2 is 2.00 bits per heavy atom. The van der Waals surface area contributed by atoms with Crippen LogP contribution < -0.4 is 0 Å². The Bertz CT molecular complexity index is 575. The summed E-state index contributed by atoms with van der Waals surface area (Å²) in [5, 5.41) is 16.8. The van der Waals surface area contributed by atoms with Gasteiger partial charge in [0.05, 0.1) is 11.4 Å². The number of carbonyl (C=O) groups is 1. The summed E-state index contributed by atoms with van der Waals surface area (Å²) in [6.45, 7) is 3.95. The number of benzene rings is 1. The average molecular weight is 245 g/mol. The van der Waals surface area contributed by atoms with Gasteiger partial charge in [-0.15, -0.1) is 5.10 Å². The minimum absolute atomic E-state index is 0.0309. The molecule has 18 heavy (non-hydrogen) atoms. The summed E-state index contributed by atoms with van der Waals surface area (Å²) < 4.78 is 1.63. The van der Waals surface area contributed by atoms with Gasteiger partial charge >= 0.3 is 5.97 Å². The Balaban J connectivity index is 2.61. The van der Waals surface area contributed by atoms with Crippen LogP contribution in [0.15, 0.2) is 24.3 Å². The van der Waals surface area contributed by atoms with Crippen LogP contribution in [0.25, 0.3) is 5.69 Å². The van der Waals surface area contributed by atoms with E-state index in [1.165, 1.54) is 0 Å². The van der Waals surface area contributed by atoms with Gasteiger partial charge < -0.3 is 5.11 Å². The molecule has 0 fully saturated rings. The molecule has 0 aliphatic rings. The molecule has 0 saturated carbocycles. The van der Waals surface area contributed by atoms with Crippen LogP contribution in [0.1, 0.15) is 35.6 Å². The van der Waals surface area contributed by atoms with Crippen LogP contribution in [0.3, 0.4) is 0 Å². The standard InChI is InChI=1S/C13H15N3O2/c1-3-9-7-5-6-8-11(9)16-10(4-2)12(13(17)18)14-15-16/h5-8H,3-4H2,1-2H3,(H,17,18). The van der Waals surface area contributed by atoms with E-state index in [1.807, 2.05) is 31.2 Å². The molecule has 1 N–H and O–H groups in total. The molecule has 94 valence electrons. The van der Waals surface area contributed by atoms with Crippen molar-refractivity contribution in [3.8, 4) is 5.69 Å². The van der Waals surface area contributed by atoms with E-state index in [-0.39, 0.29) is 5.69 Å². The molecule has 1 aromatic carbocycles. The zero-order valence-corrected chi connectivity index (χ0v) is 10.4. The number of hydrogen-bond acceptors (Lipinski definition) is 3. The summed E-state index contributed by atoms with van der Waals surface area (Å²) in [5.74, 6) is -1.04. The van der Waals surface area contributed by atoms with Gasteiger partial charge in [0.1, 0.15) is 0 Å². The summed E-state index contributed by atoms with van der Waals surface area (Å²) in [6.07, 6.45) is 1.44. The second kappa shape index (κ2) is 5.00. The van der Waals surface area contributed by atoms with Gasteiger partial charge in [0.25, 0.3) is 0 Å². The molecule has 1 aromatic heterocycles. The first-order valence-corrected chi connectivity index (χ1v) is 5.95. The highest BCUT2D eigenvalue weighted by molar-refractivity contribution is 5.86. The maximum absolute atomic E-state index is 11.1. The van der Waals surface area contributed by atoms with E-state index in [0.29, 0.717) is 12.1 Å². The van der Waals surface area contributed by atoms with Crippen molar-refractivity contribution in [1.29, 1.82) is 0 Å². The first kappa shape index (κ1) is 12.3. The van der Waals surface area contributed by atoms with Crippen LogP contribution in [0.2, 0.25) is 0 Å². The molecule has 5 nitrogen and oxygen atoms in total. The molecular weight excluding hydrogens is 230 g/mol. The molecule has 2 rings (SSSR count). The van der Waals surface area contributed by atoms with E-state index in [4.69, 9.17) is 5.11 Å². The molecule has 2 aromatic rings. The summed E-state index contributed by atoms with van der Waals surface area (Å²) in [7, 11) is 0. The van der Waals surface area contributed by atoms with Gasteiger partial charge in [0.15, 0.2) is 5.69 Å². The molecule has 0 bridgehead atoms. The van der Waals surface area contributed by atoms with Crippen molar-refractivity contribution in [2.45, 2.75) is 26.7 Å². The Hall–Kier alpha value is -2.17. The van der Waals surface area contributed by atoms with Crippen molar-refractivity contribution < 1.29 is 9.90 Å². The van der Waals surface area contributed by atoms with Crippen molar-refractivity contribution in [2.75, 3.05) is 0 Å². The maximum Gasteiger partial charge on any atom is 0.358 e. The number of carboxylic acid groups (broad SMARTS) is 1. The summed E-state index contributed by atoms with van der Waals surface area (Å²) >= 11 is 0. The summed E-state index contributed by atoms with van der Waals surface area (Å²) in [4.78, 5) is 11.1. The third-order valence-corrected chi connectivity index (χ3v) is 2.90. The Kier molecular flexibility index (Phi) is 3.41.